The lowest BCUT2D eigenvalue weighted by Crippen LogP contribution is -2.45. The van der Waals surface area contributed by atoms with Crippen LogP contribution in [0.3, 0.4) is 0 Å². The van der Waals surface area contributed by atoms with Crippen molar-refractivity contribution in [1.29, 1.82) is 0 Å². The third-order valence-corrected chi connectivity index (χ3v) is 4.59. The second-order valence-corrected chi connectivity index (χ2v) is 7.16. The first-order valence-electron chi connectivity index (χ1n) is 7.11. The molecule has 0 aliphatic carbocycles. The highest BCUT2D eigenvalue weighted by molar-refractivity contribution is 7.92. The van der Waals surface area contributed by atoms with Gasteiger partial charge in [-0.15, -0.1) is 0 Å². The van der Waals surface area contributed by atoms with Crippen molar-refractivity contribution in [2.75, 3.05) is 15.9 Å². The predicted octanol–water partition coefficient (Wildman–Crippen LogP) is 2.90. The molecular weight excluding hydrogens is 357 g/mol. The molecule has 2 rings (SSSR count). The van der Waals surface area contributed by atoms with Gasteiger partial charge in [0.15, 0.2) is 0 Å². The second-order valence-electron chi connectivity index (χ2n) is 5.30. The lowest BCUT2D eigenvalue weighted by atomic mass is 10.2. The molecule has 25 heavy (non-hydrogen) atoms. The molecule has 0 bridgehead atoms. The van der Waals surface area contributed by atoms with Gasteiger partial charge in [0.05, 0.1) is 17.6 Å². The van der Waals surface area contributed by atoms with Gasteiger partial charge < -0.3 is 5.32 Å². The number of nitrogens with zero attached hydrogens (tertiary/aromatic N) is 1. The van der Waals surface area contributed by atoms with E-state index in [1.54, 1.807) is 0 Å². The van der Waals surface area contributed by atoms with Gasteiger partial charge in [-0.3, -0.25) is 9.10 Å². The van der Waals surface area contributed by atoms with Crippen LogP contribution in [-0.2, 0) is 14.8 Å². The van der Waals surface area contributed by atoms with Crippen LogP contribution in [-0.4, -0.2) is 26.6 Å². The van der Waals surface area contributed by atoms with E-state index >= 15 is 0 Å². The third-order valence-electron chi connectivity index (χ3n) is 3.37. The van der Waals surface area contributed by atoms with Crippen LogP contribution in [0.15, 0.2) is 42.5 Å². The summed E-state index contributed by atoms with van der Waals surface area (Å²) in [6.07, 6.45) is 0.821. The predicted molar refractivity (Wildman–Crippen MR) is 88.2 cm³/mol. The summed E-state index contributed by atoms with van der Waals surface area (Å²) in [4.78, 5) is 12.3. The van der Waals surface area contributed by atoms with Gasteiger partial charge >= 0.3 is 0 Å². The first-order valence-corrected chi connectivity index (χ1v) is 8.96. The van der Waals surface area contributed by atoms with Crippen LogP contribution < -0.4 is 9.62 Å². The largest absolute Gasteiger partial charge is 0.322 e. The van der Waals surface area contributed by atoms with Crippen LogP contribution in [0.4, 0.5) is 24.5 Å². The lowest BCUT2D eigenvalue weighted by Gasteiger charge is -2.28. The van der Waals surface area contributed by atoms with Gasteiger partial charge in [0.25, 0.3) is 0 Å². The number of anilines is 2. The maximum absolute atomic E-state index is 14.0. The van der Waals surface area contributed by atoms with Gasteiger partial charge in [0, 0.05) is 6.07 Å². The highest BCUT2D eigenvalue weighted by Gasteiger charge is 2.31. The van der Waals surface area contributed by atoms with E-state index in [4.69, 9.17) is 0 Å². The zero-order valence-corrected chi connectivity index (χ0v) is 14.1. The Bertz CT molecular complexity index is 903. The maximum atomic E-state index is 14.0. The Morgan fingerprint density at radius 2 is 1.72 bits per heavy atom. The average molecular weight is 372 g/mol. The van der Waals surface area contributed by atoms with Crippen molar-refractivity contribution in [3.05, 3.63) is 59.9 Å². The Hall–Kier alpha value is -2.55. The van der Waals surface area contributed by atoms with Crippen molar-refractivity contribution >= 4 is 27.3 Å². The van der Waals surface area contributed by atoms with E-state index in [1.807, 2.05) is 0 Å². The summed E-state index contributed by atoms with van der Waals surface area (Å²) >= 11 is 0. The van der Waals surface area contributed by atoms with Crippen LogP contribution in [0.25, 0.3) is 0 Å². The number of benzene rings is 2. The fourth-order valence-electron chi connectivity index (χ4n) is 2.24. The number of carbonyl (C=O) groups is 1. The van der Waals surface area contributed by atoms with Crippen molar-refractivity contribution in [3.8, 4) is 0 Å². The molecule has 0 aromatic heterocycles. The molecule has 0 aliphatic heterocycles. The number of halogens is 3. The van der Waals surface area contributed by atoms with Crippen LogP contribution in [0.1, 0.15) is 6.92 Å². The molecular formula is C16H15F3N2O3S. The first-order chi connectivity index (χ1) is 11.6. The van der Waals surface area contributed by atoms with Gasteiger partial charge in [-0.05, 0) is 31.2 Å². The number of amides is 1. The summed E-state index contributed by atoms with van der Waals surface area (Å²) in [7, 11) is -4.02. The quantitative estimate of drug-likeness (QED) is 0.878. The summed E-state index contributed by atoms with van der Waals surface area (Å²) in [5, 5.41) is 2.17. The number of para-hydroxylation sites is 1. The first kappa shape index (κ1) is 18.8. The molecule has 0 fully saturated rings. The monoisotopic (exact) mass is 372 g/mol. The van der Waals surface area contributed by atoms with E-state index in [1.165, 1.54) is 25.1 Å². The Labute approximate surface area is 143 Å². The zero-order valence-electron chi connectivity index (χ0n) is 13.3. The van der Waals surface area contributed by atoms with E-state index in [0.29, 0.717) is 10.4 Å². The molecule has 2 aromatic rings. The minimum absolute atomic E-state index is 0.313. The highest BCUT2D eigenvalue weighted by Crippen LogP contribution is 2.25. The lowest BCUT2D eigenvalue weighted by molar-refractivity contribution is -0.116. The van der Waals surface area contributed by atoms with Gasteiger partial charge in [-0.25, -0.2) is 21.6 Å². The molecule has 0 saturated carbocycles. The Kier molecular flexibility index (Phi) is 5.36. The number of rotatable bonds is 5. The number of hydrogen-bond donors (Lipinski definition) is 1. The second kappa shape index (κ2) is 7.14. The van der Waals surface area contributed by atoms with Crippen molar-refractivity contribution in [2.45, 2.75) is 13.0 Å². The van der Waals surface area contributed by atoms with E-state index in [9.17, 15) is 26.4 Å². The summed E-state index contributed by atoms with van der Waals surface area (Å²) in [6, 6.07) is 6.19. The van der Waals surface area contributed by atoms with Crippen LogP contribution in [0, 0.1) is 17.5 Å². The van der Waals surface area contributed by atoms with Crippen molar-refractivity contribution in [3.63, 3.8) is 0 Å². The van der Waals surface area contributed by atoms with Gasteiger partial charge in [-0.2, -0.15) is 0 Å². The molecule has 2 aromatic carbocycles. The molecule has 9 heteroatoms. The summed E-state index contributed by atoms with van der Waals surface area (Å²) in [6.45, 7) is 1.23. The Morgan fingerprint density at radius 1 is 1.08 bits per heavy atom. The topological polar surface area (TPSA) is 66.5 Å². The van der Waals surface area contributed by atoms with Crippen LogP contribution in [0.2, 0.25) is 0 Å². The van der Waals surface area contributed by atoms with Crippen molar-refractivity contribution < 1.29 is 26.4 Å². The maximum Gasteiger partial charge on any atom is 0.248 e. The minimum atomic E-state index is -4.02. The zero-order chi connectivity index (χ0) is 18.8. The fourth-order valence-corrected chi connectivity index (χ4v) is 3.41. The van der Waals surface area contributed by atoms with E-state index in [2.05, 4.69) is 5.32 Å². The van der Waals surface area contributed by atoms with Gasteiger partial charge in [-0.1, -0.05) is 12.1 Å². The van der Waals surface area contributed by atoms with E-state index < -0.39 is 39.4 Å². The van der Waals surface area contributed by atoms with Crippen molar-refractivity contribution in [2.24, 2.45) is 0 Å². The molecule has 0 aliphatic rings. The van der Waals surface area contributed by atoms with E-state index in [-0.39, 0.29) is 11.4 Å². The molecule has 134 valence electrons. The van der Waals surface area contributed by atoms with Crippen molar-refractivity contribution in [1.82, 2.24) is 0 Å². The molecule has 0 unspecified atom stereocenters. The molecule has 0 spiro atoms. The Morgan fingerprint density at radius 3 is 2.28 bits per heavy atom. The standard InChI is InChI=1S/C16H15F3N2O3S/c1-10(16(22)20-14-8-7-11(17)9-13(14)19)21(25(2,23)24)15-6-4-3-5-12(15)18/h3-10H,1-2H3,(H,20,22)/t10-/m1/s1. The number of carbonyl (C=O) groups excluding carboxylic acids is 1. The fraction of sp³-hybridized carbons (Fsp3) is 0.188. The Balaban J connectivity index is 2.35. The van der Waals surface area contributed by atoms with Crippen LogP contribution >= 0.6 is 0 Å². The van der Waals surface area contributed by atoms with Crippen LogP contribution in [0.5, 0.6) is 0 Å². The SMILES string of the molecule is C[C@H](C(=O)Nc1ccc(F)cc1F)N(c1ccccc1F)S(C)(=O)=O. The molecule has 5 nitrogen and oxygen atoms in total. The summed E-state index contributed by atoms with van der Waals surface area (Å²) in [5.74, 6) is -3.58. The molecule has 1 atom stereocenters. The number of sulfonamides is 1. The van der Waals surface area contributed by atoms with Gasteiger partial charge in [0.2, 0.25) is 15.9 Å². The number of hydrogen-bond acceptors (Lipinski definition) is 3. The smallest absolute Gasteiger partial charge is 0.248 e. The molecule has 0 radical (unpaired) electrons. The normalized spacial score (nSPS) is 12.5. The average Bonchev–Trinajstić information content (AvgIpc) is 2.50. The summed E-state index contributed by atoms with van der Waals surface area (Å²) < 4.78 is 65.2. The molecule has 0 heterocycles. The number of nitrogens with one attached hydrogen (secondary N) is 1. The molecule has 1 N–H and O–H groups in total. The van der Waals surface area contributed by atoms with Gasteiger partial charge in [0.1, 0.15) is 23.5 Å². The molecule has 1 amide bonds. The summed E-state index contributed by atoms with van der Waals surface area (Å²) in [5.41, 5.74) is -0.632. The highest BCUT2D eigenvalue weighted by atomic mass is 32.2. The molecule has 0 saturated heterocycles. The third kappa shape index (κ3) is 4.30. The van der Waals surface area contributed by atoms with E-state index in [0.717, 1.165) is 24.5 Å². The minimum Gasteiger partial charge on any atom is -0.322 e.